The molecule has 7 nitrogen and oxygen atoms in total. The molecular formula is C28H23N7S. The summed E-state index contributed by atoms with van der Waals surface area (Å²) >= 11 is 1.68. The summed E-state index contributed by atoms with van der Waals surface area (Å²) in [4.78, 5) is 17.8. The maximum atomic E-state index is 4.96. The van der Waals surface area contributed by atoms with Crippen molar-refractivity contribution in [2.24, 2.45) is 5.92 Å². The zero-order valence-corrected chi connectivity index (χ0v) is 20.3. The fourth-order valence-corrected chi connectivity index (χ4v) is 5.37. The number of para-hydroxylation sites is 1. The second kappa shape index (κ2) is 8.42. The van der Waals surface area contributed by atoms with Crippen molar-refractivity contribution in [3.8, 4) is 33.9 Å². The SMILES string of the molecule is C=C(Nc1cncc(-c2ccc3[nH]nc(-c4nc5c(-c6ccsc6)cccc5[nH]4)c3n2)c1)C1CCC1. The van der Waals surface area contributed by atoms with E-state index in [1.54, 1.807) is 11.3 Å². The van der Waals surface area contributed by atoms with Crippen LogP contribution in [0.1, 0.15) is 19.3 Å². The smallest absolute Gasteiger partial charge is 0.161 e. The van der Waals surface area contributed by atoms with Crippen LogP contribution in [0.3, 0.4) is 0 Å². The summed E-state index contributed by atoms with van der Waals surface area (Å²) in [6.45, 7) is 4.22. The minimum atomic E-state index is 0.556. The molecule has 1 aliphatic rings. The van der Waals surface area contributed by atoms with Gasteiger partial charge in [0.1, 0.15) is 5.52 Å². The summed E-state index contributed by atoms with van der Waals surface area (Å²) in [6.07, 6.45) is 7.35. The van der Waals surface area contributed by atoms with Crippen LogP contribution in [0.4, 0.5) is 5.69 Å². The number of aromatic amines is 2. The maximum Gasteiger partial charge on any atom is 0.161 e. The first-order valence-corrected chi connectivity index (χ1v) is 13.0. The first kappa shape index (κ1) is 21.0. The van der Waals surface area contributed by atoms with Gasteiger partial charge in [-0.15, -0.1) is 0 Å². The summed E-state index contributed by atoms with van der Waals surface area (Å²) < 4.78 is 0. The number of H-pyrrole nitrogens is 2. The molecule has 0 aliphatic heterocycles. The van der Waals surface area contributed by atoms with Crippen molar-refractivity contribution in [3.63, 3.8) is 0 Å². The van der Waals surface area contributed by atoms with Crippen molar-refractivity contribution in [2.45, 2.75) is 19.3 Å². The van der Waals surface area contributed by atoms with Crippen molar-refractivity contribution in [3.05, 3.63) is 77.9 Å². The van der Waals surface area contributed by atoms with Gasteiger partial charge in [0.15, 0.2) is 11.5 Å². The third-order valence-electron chi connectivity index (χ3n) is 6.91. The van der Waals surface area contributed by atoms with Crippen LogP contribution in [-0.4, -0.2) is 30.1 Å². The van der Waals surface area contributed by atoms with Gasteiger partial charge in [0.25, 0.3) is 0 Å². The van der Waals surface area contributed by atoms with Crippen LogP contribution in [-0.2, 0) is 0 Å². The topological polar surface area (TPSA) is 95.2 Å². The standard InChI is InChI=1S/C28H23N7S/c1-16(17-4-2-5-17)30-20-12-19(13-29-14-20)22-8-9-24-26(31-22)27(35-34-24)28-32-23-7-3-6-21(25(23)33-28)18-10-11-36-15-18/h3,6-15,17,30H,1-2,4-5H2,(H,32,33)(H,34,35). The molecule has 3 N–H and O–H groups in total. The van der Waals surface area contributed by atoms with Crippen LogP contribution in [0.2, 0.25) is 0 Å². The molecule has 176 valence electrons. The van der Waals surface area contributed by atoms with Gasteiger partial charge < -0.3 is 10.3 Å². The molecule has 0 radical (unpaired) electrons. The predicted octanol–water partition coefficient (Wildman–Crippen LogP) is 7.02. The minimum Gasteiger partial charge on any atom is -0.358 e. The molecule has 6 aromatic rings. The van der Waals surface area contributed by atoms with E-state index in [1.165, 1.54) is 19.3 Å². The lowest BCUT2D eigenvalue weighted by atomic mass is 9.83. The van der Waals surface area contributed by atoms with Crippen LogP contribution in [0.5, 0.6) is 0 Å². The summed E-state index contributed by atoms with van der Waals surface area (Å²) in [5.74, 6) is 1.25. The van der Waals surface area contributed by atoms with Gasteiger partial charge in [-0.2, -0.15) is 16.4 Å². The Bertz CT molecular complexity index is 1720. The first-order valence-electron chi connectivity index (χ1n) is 12.0. The van der Waals surface area contributed by atoms with Gasteiger partial charge in [0, 0.05) is 23.0 Å². The van der Waals surface area contributed by atoms with E-state index in [2.05, 4.69) is 61.0 Å². The molecular weight excluding hydrogens is 466 g/mol. The molecule has 0 saturated heterocycles. The Morgan fingerprint density at radius 1 is 1.00 bits per heavy atom. The molecule has 7 rings (SSSR count). The zero-order chi connectivity index (χ0) is 24.1. The van der Waals surface area contributed by atoms with Gasteiger partial charge >= 0.3 is 0 Å². The third kappa shape index (κ3) is 3.58. The molecule has 8 heteroatoms. The second-order valence-electron chi connectivity index (χ2n) is 9.20. The quantitative estimate of drug-likeness (QED) is 0.234. The lowest BCUT2D eigenvalue weighted by molar-refractivity contribution is 0.371. The molecule has 1 aromatic carbocycles. The number of nitrogens with one attached hydrogen (secondary N) is 3. The van der Waals surface area contributed by atoms with Crippen molar-refractivity contribution >= 4 is 39.1 Å². The van der Waals surface area contributed by atoms with E-state index in [1.807, 2.05) is 36.7 Å². The Morgan fingerprint density at radius 3 is 2.78 bits per heavy atom. The number of hydrogen-bond donors (Lipinski definition) is 3. The molecule has 0 atom stereocenters. The highest BCUT2D eigenvalue weighted by Gasteiger charge is 2.21. The van der Waals surface area contributed by atoms with E-state index in [-0.39, 0.29) is 0 Å². The first-order chi connectivity index (χ1) is 17.7. The Morgan fingerprint density at radius 2 is 1.94 bits per heavy atom. The molecule has 0 amide bonds. The number of aromatic nitrogens is 6. The summed E-state index contributed by atoms with van der Waals surface area (Å²) in [7, 11) is 0. The number of rotatable bonds is 6. The van der Waals surface area contributed by atoms with Crippen LogP contribution < -0.4 is 5.32 Å². The highest BCUT2D eigenvalue weighted by atomic mass is 32.1. The Kier molecular flexibility index (Phi) is 4.92. The van der Waals surface area contributed by atoms with Crippen LogP contribution in [0.25, 0.3) is 56.0 Å². The van der Waals surface area contributed by atoms with Crippen molar-refractivity contribution in [2.75, 3.05) is 5.32 Å². The average molecular weight is 490 g/mol. The van der Waals surface area contributed by atoms with Gasteiger partial charge in [0.05, 0.1) is 34.1 Å². The van der Waals surface area contributed by atoms with E-state index in [4.69, 9.17) is 9.97 Å². The van der Waals surface area contributed by atoms with Gasteiger partial charge in [-0.25, -0.2) is 9.97 Å². The van der Waals surface area contributed by atoms with Crippen molar-refractivity contribution in [1.29, 1.82) is 0 Å². The number of thiophene rings is 1. The molecule has 1 saturated carbocycles. The highest BCUT2D eigenvalue weighted by Crippen LogP contribution is 2.34. The molecule has 5 aromatic heterocycles. The molecule has 36 heavy (non-hydrogen) atoms. The van der Waals surface area contributed by atoms with Crippen LogP contribution in [0, 0.1) is 5.92 Å². The molecule has 5 heterocycles. The van der Waals surface area contributed by atoms with E-state index in [9.17, 15) is 0 Å². The normalized spacial score (nSPS) is 13.8. The Labute approximate surface area is 211 Å². The Balaban J connectivity index is 1.26. The van der Waals surface area contributed by atoms with E-state index in [0.29, 0.717) is 17.4 Å². The van der Waals surface area contributed by atoms with Crippen LogP contribution in [0.15, 0.2) is 77.9 Å². The van der Waals surface area contributed by atoms with Gasteiger partial charge in [-0.05, 0) is 65.4 Å². The molecule has 1 fully saturated rings. The molecule has 1 aliphatic carbocycles. The van der Waals surface area contributed by atoms with Gasteiger partial charge in [-0.3, -0.25) is 10.1 Å². The maximum absolute atomic E-state index is 4.96. The zero-order valence-electron chi connectivity index (χ0n) is 19.5. The number of fused-ring (bicyclic) bond motifs is 2. The highest BCUT2D eigenvalue weighted by molar-refractivity contribution is 7.08. The van der Waals surface area contributed by atoms with Crippen molar-refractivity contribution < 1.29 is 0 Å². The van der Waals surface area contributed by atoms with E-state index < -0.39 is 0 Å². The predicted molar refractivity (Wildman–Crippen MR) is 146 cm³/mol. The van der Waals surface area contributed by atoms with Crippen LogP contribution >= 0.6 is 11.3 Å². The second-order valence-corrected chi connectivity index (χ2v) is 9.98. The summed E-state index contributed by atoms with van der Waals surface area (Å²) in [6, 6.07) is 14.4. The monoisotopic (exact) mass is 489 g/mol. The van der Waals surface area contributed by atoms with Gasteiger partial charge in [0.2, 0.25) is 0 Å². The molecule has 0 unspecified atom stereocenters. The third-order valence-corrected chi connectivity index (χ3v) is 7.60. The number of anilines is 1. The summed E-state index contributed by atoms with van der Waals surface area (Å²) in [5.41, 5.74) is 10.2. The largest absolute Gasteiger partial charge is 0.358 e. The lowest BCUT2D eigenvalue weighted by Crippen LogP contribution is -2.18. The fraction of sp³-hybridized carbons (Fsp3) is 0.143. The lowest BCUT2D eigenvalue weighted by Gasteiger charge is -2.28. The van der Waals surface area contributed by atoms with Gasteiger partial charge in [-0.1, -0.05) is 25.1 Å². The molecule has 0 bridgehead atoms. The number of imidazole rings is 1. The molecule has 0 spiro atoms. The average Bonchev–Trinajstić information content (AvgIpc) is 3.61. The number of nitrogens with zero attached hydrogens (tertiary/aromatic N) is 4. The number of allylic oxidation sites excluding steroid dienone is 1. The van der Waals surface area contributed by atoms with E-state index >= 15 is 0 Å². The Hall–Kier alpha value is -4.30. The van der Waals surface area contributed by atoms with E-state index in [0.717, 1.165) is 55.8 Å². The summed E-state index contributed by atoms with van der Waals surface area (Å²) in [5, 5.41) is 15.3. The number of benzene rings is 1. The number of pyridine rings is 2. The minimum absolute atomic E-state index is 0.556. The number of hydrogen-bond acceptors (Lipinski definition) is 6. The fourth-order valence-electron chi connectivity index (χ4n) is 4.71. The van der Waals surface area contributed by atoms with Crippen molar-refractivity contribution in [1.82, 2.24) is 30.1 Å².